The first-order valence-electron chi connectivity index (χ1n) is 10.5. The van der Waals surface area contributed by atoms with Crippen molar-refractivity contribution in [2.45, 2.75) is 63.3 Å². The molecule has 27 heavy (non-hydrogen) atoms. The van der Waals surface area contributed by atoms with E-state index in [0.29, 0.717) is 12.6 Å². The number of nitrogens with zero attached hydrogens (tertiary/aromatic N) is 1. The van der Waals surface area contributed by atoms with Crippen LogP contribution in [0.3, 0.4) is 0 Å². The Morgan fingerprint density at radius 1 is 0.889 bits per heavy atom. The fourth-order valence-electron chi connectivity index (χ4n) is 4.80. The van der Waals surface area contributed by atoms with Gasteiger partial charge in [0.15, 0.2) is 0 Å². The summed E-state index contributed by atoms with van der Waals surface area (Å²) in [5.41, 5.74) is 2.96. The molecular formula is C25H31NO. The molecule has 0 saturated heterocycles. The van der Waals surface area contributed by atoms with Crippen molar-refractivity contribution in [2.75, 3.05) is 6.61 Å². The molecule has 1 aliphatic heterocycles. The molecule has 2 nitrogen and oxygen atoms in total. The fraction of sp³-hybridized carbons (Fsp3) is 0.440. The van der Waals surface area contributed by atoms with Crippen LogP contribution in [0.2, 0.25) is 0 Å². The maximum atomic E-state index is 6.02. The van der Waals surface area contributed by atoms with E-state index in [1.54, 1.807) is 0 Å². The largest absolute Gasteiger partial charge is 0.377 e. The standard InChI is InChI=1S/C25H31NO/c1-3-10-22(11-4-1)20-26-24(14-9-18-25(26)16-7-8-17-25)15-19-27-21-23-12-5-2-6-13-23/h1-6,9-13,18,24H,7-8,14-17,19-21H2. The second-order valence-corrected chi connectivity index (χ2v) is 8.04. The van der Waals surface area contributed by atoms with Gasteiger partial charge < -0.3 is 4.74 Å². The summed E-state index contributed by atoms with van der Waals surface area (Å²) in [6.07, 6.45) is 12.5. The maximum Gasteiger partial charge on any atom is 0.0716 e. The molecule has 1 heterocycles. The van der Waals surface area contributed by atoms with Gasteiger partial charge in [-0.05, 0) is 36.8 Å². The highest BCUT2D eigenvalue weighted by molar-refractivity contribution is 5.20. The van der Waals surface area contributed by atoms with Gasteiger partial charge in [0.25, 0.3) is 0 Å². The summed E-state index contributed by atoms with van der Waals surface area (Å²) in [6.45, 7) is 2.59. The van der Waals surface area contributed by atoms with Crippen LogP contribution in [0.1, 0.15) is 49.7 Å². The molecular weight excluding hydrogens is 330 g/mol. The normalized spacial score (nSPS) is 21.7. The summed E-state index contributed by atoms with van der Waals surface area (Å²) >= 11 is 0. The van der Waals surface area contributed by atoms with E-state index in [4.69, 9.17) is 4.74 Å². The van der Waals surface area contributed by atoms with E-state index in [9.17, 15) is 0 Å². The molecule has 1 unspecified atom stereocenters. The van der Waals surface area contributed by atoms with Crippen LogP contribution in [-0.2, 0) is 17.9 Å². The molecule has 1 fully saturated rings. The fourth-order valence-corrected chi connectivity index (χ4v) is 4.80. The Labute approximate surface area is 163 Å². The molecule has 142 valence electrons. The average molecular weight is 362 g/mol. The number of benzene rings is 2. The first-order chi connectivity index (χ1) is 13.4. The molecule has 0 amide bonds. The first kappa shape index (κ1) is 18.5. The smallest absolute Gasteiger partial charge is 0.0716 e. The number of hydrogen-bond donors (Lipinski definition) is 0. The molecule has 0 bridgehead atoms. The van der Waals surface area contributed by atoms with E-state index < -0.39 is 0 Å². The van der Waals surface area contributed by atoms with E-state index >= 15 is 0 Å². The van der Waals surface area contributed by atoms with E-state index in [2.05, 4.69) is 77.7 Å². The lowest BCUT2D eigenvalue weighted by Gasteiger charge is -2.47. The van der Waals surface area contributed by atoms with Crippen LogP contribution in [-0.4, -0.2) is 23.1 Å². The predicted octanol–water partition coefficient (Wildman–Crippen LogP) is 5.74. The zero-order chi connectivity index (χ0) is 18.4. The van der Waals surface area contributed by atoms with Crippen molar-refractivity contribution in [3.05, 3.63) is 83.9 Å². The molecule has 2 aromatic rings. The van der Waals surface area contributed by atoms with Crippen molar-refractivity contribution in [1.82, 2.24) is 4.90 Å². The van der Waals surface area contributed by atoms with Gasteiger partial charge in [-0.3, -0.25) is 4.90 Å². The first-order valence-corrected chi connectivity index (χ1v) is 10.5. The third-order valence-electron chi connectivity index (χ3n) is 6.22. The zero-order valence-corrected chi connectivity index (χ0v) is 16.2. The lowest BCUT2D eigenvalue weighted by Crippen LogP contribution is -2.52. The summed E-state index contributed by atoms with van der Waals surface area (Å²) in [4.78, 5) is 2.79. The second kappa shape index (κ2) is 8.86. The Hall–Kier alpha value is -1.90. The lowest BCUT2D eigenvalue weighted by atomic mass is 9.86. The molecule has 0 radical (unpaired) electrons. The quantitative estimate of drug-likeness (QED) is 0.461. The van der Waals surface area contributed by atoms with Crippen LogP contribution < -0.4 is 0 Å². The topological polar surface area (TPSA) is 12.5 Å². The minimum Gasteiger partial charge on any atom is -0.377 e. The van der Waals surface area contributed by atoms with Crippen LogP contribution in [0.15, 0.2) is 72.8 Å². The van der Waals surface area contributed by atoms with Gasteiger partial charge in [0.05, 0.1) is 6.61 Å². The van der Waals surface area contributed by atoms with Crippen LogP contribution in [0.4, 0.5) is 0 Å². The van der Waals surface area contributed by atoms with Gasteiger partial charge in [0, 0.05) is 24.7 Å². The van der Waals surface area contributed by atoms with E-state index in [1.807, 2.05) is 0 Å². The Morgan fingerprint density at radius 3 is 2.26 bits per heavy atom. The van der Waals surface area contributed by atoms with Crippen LogP contribution in [0.25, 0.3) is 0 Å². The third kappa shape index (κ3) is 4.51. The Morgan fingerprint density at radius 2 is 1.56 bits per heavy atom. The maximum absolute atomic E-state index is 6.02. The third-order valence-corrected chi connectivity index (χ3v) is 6.22. The van der Waals surface area contributed by atoms with Crippen LogP contribution in [0.5, 0.6) is 0 Å². The molecule has 1 saturated carbocycles. The van der Waals surface area contributed by atoms with Gasteiger partial charge in [-0.1, -0.05) is 85.7 Å². The molecule has 0 aromatic heterocycles. The zero-order valence-electron chi connectivity index (χ0n) is 16.2. The van der Waals surface area contributed by atoms with Crippen molar-refractivity contribution in [3.8, 4) is 0 Å². The predicted molar refractivity (Wildman–Crippen MR) is 111 cm³/mol. The lowest BCUT2D eigenvalue weighted by molar-refractivity contribution is 0.0324. The molecule has 2 aromatic carbocycles. The van der Waals surface area contributed by atoms with Crippen LogP contribution in [0, 0.1) is 0 Å². The summed E-state index contributed by atoms with van der Waals surface area (Å²) in [7, 11) is 0. The van der Waals surface area contributed by atoms with E-state index in [1.165, 1.54) is 36.8 Å². The number of rotatable bonds is 7. The minimum atomic E-state index is 0.276. The monoisotopic (exact) mass is 361 g/mol. The van der Waals surface area contributed by atoms with Crippen molar-refractivity contribution < 1.29 is 4.74 Å². The molecule has 1 aliphatic carbocycles. The van der Waals surface area contributed by atoms with Crippen molar-refractivity contribution in [1.29, 1.82) is 0 Å². The Bertz CT molecular complexity index is 719. The Balaban J connectivity index is 1.40. The van der Waals surface area contributed by atoms with E-state index in [0.717, 1.165) is 26.0 Å². The number of ether oxygens (including phenoxy) is 1. The molecule has 1 atom stereocenters. The van der Waals surface area contributed by atoms with Crippen molar-refractivity contribution in [2.24, 2.45) is 0 Å². The molecule has 0 N–H and O–H groups in total. The van der Waals surface area contributed by atoms with Crippen molar-refractivity contribution in [3.63, 3.8) is 0 Å². The van der Waals surface area contributed by atoms with E-state index in [-0.39, 0.29) is 5.54 Å². The van der Waals surface area contributed by atoms with Crippen molar-refractivity contribution >= 4 is 0 Å². The Kier molecular flexibility index (Phi) is 6.06. The highest BCUT2D eigenvalue weighted by Crippen LogP contribution is 2.42. The highest BCUT2D eigenvalue weighted by Gasteiger charge is 2.42. The summed E-state index contributed by atoms with van der Waals surface area (Å²) in [5, 5.41) is 0. The SMILES string of the molecule is C1=CC2(CCCC2)N(Cc2ccccc2)C(CCOCc2ccccc2)C1. The van der Waals surface area contributed by atoms with Gasteiger partial charge in [-0.15, -0.1) is 0 Å². The molecule has 2 aliphatic rings. The molecule has 1 spiro atoms. The van der Waals surface area contributed by atoms with Gasteiger partial charge >= 0.3 is 0 Å². The van der Waals surface area contributed by atoms with Gasteiger partial charge in [-0.25, -0.2) is 0 Å². The highest BCUT2D eigenvalue weighted by atomic mass is 16.5. The minimum absolute atomic E-state index is 0.276. The van der Waals surface area contributed by atoms with Gasteiger partial charge in [-0.2, -0.15) is 0 Å². The molecule has 2 heteroatoms. The summed E-state index contributed by atoms with van der Waals surface area (Å²) in [6, 6.07) is 22.0. The number of hydrogen-bond acceptors (Lipinski definition) is 2. The molecule has 4 rings (SSSR count). The van der Waals surface area contributed by atoms with Gasteiger partial charge in [0.1, 0.15) is 0 Å². The second-order valence-electron chi connectivity index (χ2n) is 8.04. The average Bonchev–Trinajstić information content (AvgIpc) is 3.18. The summed E-state index contributed by atoms with van der Waals surface area (Å²) < 4.78 is 6.02. The van der Waals surface area contributed by atoms with Crippen LogP contribution >= 0.6 is 0 Å². The van der Waals surface area contributed by atoms with Gasteiger partial charge in [0.2, 0.25) is 0 Å². The summed E-state index contributed by atoms with van der Waals surface area (Å²) in [5.74, 6) is 0.